The van der Waals surface area contributed by atoms with Gasteiger partial charge in [-0.2, -0.15) is 0 Å². The minimum absolute atomic E-state index is 0.0407. The standard InChI is InChI=1S/C13H18N2O5/c1-12(2)7-8(13(3,4)15(12)19)11(18)20-14-9(16)5-6-10(14)17/h7,15H,5-6H2,1-4H3. The zero-order valence-electron chi connectivity index (χ0n) is 12.0. The quantitative estimate of drug-likeness (QED) is 0.543. The third-order valence-corrected chi connectivity index (χ3v) is 3.73. The van der Waals surface area contributed by atoms with Gasteiger partial charge < -0.3 is 15.1 Å². The van der Waals surface area contributed by atoms with Gasteiger partial charge in [0, 0.05) is 12.8 Å². The summed E-state index contributed by atoms with van der Waals surface area (Å²) in [7, 11) is 0. The molecule has 1 N–H and O–H groups in total. The molecule has 0 saturated carbocycles. The van der Waals surface area contributed by atoms with Crippen molar-refractivity contribution in [2.24, 2.45) is 0 Å². The van der Waals surface area contributed by atoms with Gasteiger partial charge in [-0.3, -0.25) is 9.59 Å². The Morgan fingerprint density at radius 3 is 2.15 bits per heavy atom. The average molecular weight is 282 g/mol. The van der Waals surface area contributed by atoms with Crippen molar-refractivity contribution >= 4 is 17.8 Å². The highest BCUT2D eigenvalue weighted by molar-refractivity contribution is 6.03. The van der Waals surface area contributed by atoms with Gasteiger partial charge in [-0.05, 0) is 33.8 Å². The molecule has 0 aromatic heterocycles. The first kappa shape index (κ1) is 14.7. The summed E-state index contributed by atoms with van der Waals surface area (Å²) in [5.41, 5.74) is -1.58. The Morgan fingerprint density at radius 2 is 1.75 bits per heavy atom. The van der Waals surface area contributed by atoms with Crippen LogP contribution >= 0.6 is 0 Å². The molecular formula is C13H18N2O5. The summed E-state index contributed by atoms with van der Waals surface area (Å²) in [5.74, 6) is -1.90. The number of nitrogens with one attached hydrogen (secondary N) is 1. The minimum atomic E-state index is -0.994. The van der Waals surface area contributed by atoms with Crippen molar-refractivity contribution in [2.75, 3.05) is 0 Å². The number of hydroxylamine groups is 4. The molecular weight excluding hydrogens is 264 g/mol. The molecule has 2 aliphatic rings. The van der Waals surface area contributed by atoms with Crippen LogP contribution in [0.25, 0.3) is 0 Å². The number of hydrogen-bond donors (Lipinski definition) is 1. The van der Waals surface area contributed by atoms with Crippen molar-refractivity contribution in [2.45, 2.75) is 51.6 Å². The molecule has 0 aliphatic carbocycles. The van der Waals surface area contributed by atoms with Crippen molar-refractivity contribution < 1.29 is 24.3 Å². The van der Waals surface area contributed by atoms with E-state index in [1.165, 1.54) is 0 Å². The van der Waals surface area contributed by atoms with Gasteiger partial charge in [-0.15, -0.1) is 5.06 Å². The normalized spacial score (nSPS) is 27.8. The zero-order valence-corrected chi connectivity index (χ0v) is 12.0. The molecule has 0 aromatic carbocycles. The Bertz CT molecular complexity index is 505. The van der Waals surface area contributed by atoms with Crippen LogP contribution in [-0.2, 0) is 19.2 Å². The third-order valence-electron chi connectivity index (χ3n) is 3.73. The topological polar surface area (TPSA) is 91.2 Å². The van der Waals surface area contributed by atoms with Crippen molar-refractivity contribution in [3.8, 4) is 0 Å². The lowest BCUT2D eigenvalue weighted by Gasteiger charge is -2.41. The van der Waals surface area contributed by atoms with Gasteiger partial charge in [0.2, 0.25) is 0 Å². The number of amides is 2. The van der Waals surface area contributed by atoms with Gasteiger partial charge in [-0.1, -0.05) is 0 Å². The number of quaternary nitrogens is 1. The fourth-order valence-corrected chi connectivity index (χ4v) is 2.64. The molecule has 0 radical (unpaired) electrons. The highest BCUT2D eigenvalue weighted by atomic mass is 16.7. The van der Waals surface area contributed by atoms with E-state index in [0.717, 1.165) is 0 Å². The number of imide groups is 1. The zero-order chi connectivity index (χ0) is 15.3. The molecule has 0 spiro atoms. The molecule has 0 bridgehead atoms. The summed E-state index contributed by atoms with van der Waals surface area (Å²) >= 11 is 0. The van der Waals surface area contributed by atoms with Crippen LogP contribution < -0.4 is 5.06 Å². The average Bonchev–Trinajstić information content (AvgIpc) is 2.73. The highest BCUT2D eigenvalue weighted by Crippen LogP contribution is 2.26. The maximum Gasteiger partial charge on any atom is 0.366 e. The largest absolute Gasteiger partial charge is 0.633 e. The van der Waals surface area contributed by atoms with Crippen LogP contribution in [0.3, 0.4) is 0 Å². The summed E-state index contributed by atoms with van der Waals surface area (Å²) in [6, 6.07) is 0. The lowest BCUT2D eigenvalue weighted by Crippen LogP contribution is -3.20. The Morgan fingerprint density at radius 1 is 1.25 bits per heavy atom. The molecule has 2 aliphatic heterocycles. The molecule has 2 amide bonds. The summed E-state index contributed by atoms with van der Waals surface area (Å²) in [4.78, 5) is 39.9. The first-order valence-electron chi connectivity index (χ1n) is 6.43. The first-order valence-corrected chi connectivity index (χ1v) is 6.43. The monoisotopic (exact) mass is 282 g/mol. The second-order valence-corrected chi connectivity index (χ2v) is 6.19. The fraction of sp³-hybridized carbons (Fsp3) is 0.615. The van der Waals surface area contributed by atoms with Gasteiger partial charge in [0.15, 0.2) is 0 Å². The number of hydrogen-bond acceptors (Lipinski definition) is 5. The molecule has 20 heavy (non-hydrogen) atoms. The predicted octanol–water partition coefficient (Wildman–Crippen LogP) is -0.526. The SMILES string of the molecule is CC1(C)C=C(C(=O)ON2C(=O)CCC2=O)C(C)(C)[NH+]1[O-]. The maximum absolute atomic E-state index is 12.2. The minimum Gasteiger partial charge on any atom is -0.633 e. The van der Waals surface area contributed by atoms with E-state index in [1.807, 2.05) is 0 Å². The molecule has 1 fully saturated rings. The smallest absolute Gasteiger partial charge is 0.366 e. The van der Waals surface area contributed by atoms with Crippen molar-refractivity contribution in [3.05, 3.63) is 16.9 Å². The Kier molecular flexibility index (Phi) is 3.22. The van der Waals surface area contributed by atoms with E-state index < -0.39 is 28.9 Å². The fourth-order valence-electron chi connectivity index (χ4n) is 2.64. The van der Waals surface area contributed by atoms with Crippen LogP contribution in [0.2, 0.25) is 0 Å². The number of carbonyl (C=O) groups excluding carboxylic acids is 3. The molecule has 2 rings (SSSR count). The van der Waals surface area contributed by atoms with Crippen molar-refractivity contribution in [1.29, 1.82) is 0 Å². The van der Waals surface area contributed by atoms with Gasteiger partial charge in [0.25, 0.3) is 11.8 Å². The Balaban J connectivity index is 2.22. The van der Waals surface area contributed by atoms with E-state index in [4.69, 9.17) is 4.84 Å². The number of rotatable bonds is 2. The van der Waals surface area contributed by atoms with Crippen LogP contribution in [0.4, 0.5) is 0 Å². The summed E-state index contributed by atoms with van der Waals surface area (Å²) in [6.45, 7) is 6.68. The van der Waals surface area contributed by atoms with Gasteiger partial charge in [0.1, 0.15) is 16.7 Å². The third kappa shape index (κ3) is 2.12. The van der Waals surface area contributed by atoms with Crippen molar-refractivity contribution in [3.63, 3.8) is 0 Å². The van der Waals surface area contributed by atoms with E-state index in [-0.39, 0.29) is 23.5 Å². The molecule has 7 nitrogen and oxygen atoms in total. The predicted molar refractivity (Wildman–Crippen MR) is 67.7 cm³/mol. The lowest BCUT2D eigenvalue weighted by molar-refractivity contribution is -0.927. The molecule has 0 aromatic rings. The number of nitrogens with zero attached hydrogens (tertiary/aromatic N) is 1. The molecule has 110 valence electrons. The highest BCUT2D eigenvalue weighted by Gasteiger charge is 2.50. The second kappa shape index (κ2) is 4.39. The molecule has 2 heterocycles. The van der Waals surface area contributed by atoms with Crippen LogP contribution in [0.5, 0.6) is 0 Å². The summed E-state index contributed by atoms with van der Waals surface area (Å²) < 4.78 is 0. The molecule has 1 unspecified atom stereocenters. The van der Waals surface area contributed by atoms with Crippen LogP contribution in [0, 0.1) is 5.21 Å². The molecule has 1 saturated heterocycles. The Hall–Kier alpha value is -1.73. The van der Waals surface area contributed by atoms with E-state index in [9.17, 15) is 19.6 Å². The van der Waals surface area contributed by atoms with Crippen LogP contribution in [0.1, 0.15) is 40.5 Å². The molecule has 7 heteroatoms. The molecule has 1 atom stereocenters. The van der Waals surface area contributed by atoms with E-state index in [2.05, 4.69) is 0 Å². The van der Waals surface area contributed by atoms with Gasteiger partial charge >= 0.3 is 5.97 Å². The van der Waals surface area contributed by atoms with Gasteiger partial charge in [0.05, 0.1) is 0 Å². The second-order valence-electron chi connectivity index (χ2n) is 6.19. The van der Waals surface area contributed by atoms with Gasteiger partial charge in [-0.25, -0.2) is 4.79 Å². The van der Waals surface area contributed by atoms with Crippen LogP contribution in [0.15, 0.2) is 11.6 Å². The Labute approximate surface area is 116 Å². The number of carbonyl (C=O) groups is 3. The summed E-state index contributed by atoms with van der Waals surface area (Å²) in [5, 5.41) is 12.6. The van der Waals surface area contributed by atoms with E-state index in [0.29, 0.717) is 5.06 Å². The first-order chi connectivity index (χ1) is 9.07. The van der Waals surface area contributed by atoms with E-state index in [1.54, 1.807) is 33.8 Å². The summed E-state index contributed by atoms with van der Waals surface area (Å²) in [6.07, 6.45) is 1.63. The van der Waals surface area contributed by atoms with E-state index >= 15 is 0 Å². The maximum atomic E-state index is 12.2. The van der Waals surface area contributed by atoms with Crippen LogP contribution in [-0.4, -0.2) is 33.9 Å². The van der Waals surface area contributed by atoms with Crippen molar-refractivity contribution in [1.82, 2.24) is 5.06 Å². The lowest BCUT2D eigenvalue weighted by atomic mass is 9.97.